The zero-order valence-corrected chi connectivity index (χ0v) is 12.7. The van der Waals surface area contributed by atoms with Crippen LogP contribution in [0.2, 0.25) is 0 Å². The van der Waals surface area contributed by atoms with Crippen molar-refractivity contribution in [3.8, 4) is 0 Å². The Labute approximate surface area is 132 Å². The van der Waals surface area contributed by atoms with Crippen molar-refractivity contribution in [1.29, 1.82) is 0 Å². The second kappa shape index (κ2) is 7.21. The summed E-state index contributed by atoms with van der Waals surface area (Å²) in [4.78, 5) is 34.6. The molecule has 23 heavy (non-hydrogen) atoms. The summed E-state index contributed by atoms with van der Waals surface area (Å²) in [5.74, 6) is -3.74. The molecule has 2 unspecified atom stereocenters. The average Bonchev–Trinajstić information content (AvgIpc) is 2.49. The second-order valence-electron chi connectivity index (χ2n) is 4.62. The van der Waals surface area contributed by atoms with Crippen LogP contribution >= 0.6 is 0 Å². The number of aliphatic hydroxyl groups is 2. The van der Waals surface area contributed by atoms with Gasteiger partial charge in [-0.15, -0.1) is 0 Å². The summed E-state index contributed by atoms with van der Waals surface area (Å²) < 4.78 is 9.40. The van der Waals surface area contributed by atoms with Gasteiger partial charge in [0.2, 0.25) is 11.2 Å². The van der Waals surface area contributed by atoms with E-state index in [2.05, 4.69) is 0 Å². The van der Waals surface area contributed by atoms with Crippen LogP contribution in [0.15, 0.2) is 36.0 Å². The molecule has 0 heterocycles. The molecule has 0 aromatic rings. The van der Waals surface area contributed by atoms with Crippen molar-refractivity contribution in [1.82, 2.24) is 0 Å². The molecule has 0 aliphatic heterocycles. The molecule has 0 aromatic heterocycles. The maximum absolute atomic E-state index is 12.1. The van der Waals surface area contributed by atoms with Crippen LogP contribution in [-0.2, 0) is 23.9 Å². The van der Waals surface area contributed by atoms with Gasteiger partial charge in [-0.25, -0.2) is 14.4 Å². The summed E-state index contributed by atoms with van der Waals surface area (Å²) in [5.41, 5.74) is -5.34. The van der Waals surface area contributed by atoms with Gasteiger partial charge in [0, 0.05) is 6.08 Å². The molecule has 0 saturated carbocycles. The highest BCUT2D eigenvalue weighted by Crippen LogP contribution is 2.34. The standard InChI is InChI=1S/C15H18O8/c1-3-22-12(18)14(20)8-7-10(5-6-11(16)17)9-15(14,21)13(19)23-4-2/h5-9,20-21H,3-4H2,1-2H3,(H,16,17)/b6-5+. The Balaban J connectivity index is 3.34. The normalized spacial score (nSPS) is 26.7. The average molecular weight is 326 g/mol. The Kier molecular flexibility index (Phi) is 5.83. The summed E-state index contributed by atoms with van der Waals surface area (Å²) in [7, 11) is 0. The molecule has 0 fully saturated rings. The van der Waals surface area contributed by atoms with E-state index in [1.165, 1.54) is 19.9 Å². The van der Waals surface area contributed by atoms with Crippen LogP contribution in [0, 0.1) is 0 Å². The third kappa shape index (κ3) is 3.66. The van der Waals surface area contributed by atoms with Gasteiger partial charge in [0.05, 0.1) is 13.2 Å². The van der Waals surface area contributed by atoms with Crippen LogP contribution in [0.25, 0.3) is 0 Å². The van der Waals surface area contributed by atoms with Crippen LogP contribution in [0.5, 0.6) is 0 Å². The van der Waals surface area contributed by atoms with Gasteiger partial charge in [0.1, 0.15) is 0 Å². The molecule has 3 N–H and O–H groups in total. The van der Waals surface area contributed by atoms with Gasteiger partial charge in [0.15, 0.2) is 0 Å². The number of carboxylic acids is 1. The van der Waals surface area contributed by atoms with Crippen LogP contribution in [0.1, 0.15) is 13.8 Å². The monoisotopic (exact) mass is 326 g/mol. The summed E-state index contributed by atoms with van der Waals surface area (Å²) >= 11 is 0. The van der Waals surface area contributed by atoms with E-state index in [9.17, 15) is 24.6 Å². The quantitative estimate of drug-likeness (QED) is 0.448. The van der Waals surface area contributed by atoms with E-state index in [-0.39, 0.29) is 18.8 Å². The van der Waals surface area contributed by atoms with Crippen LogP contribution in [0.3, 0.4) is 0 Å². The third-order valence-electron chi connectivity index (χ3n) is 3.07. The van der Waals surface area contributed by atoms with Gasteiger partial charge >= 0.3 is 17.9 Å². The fraction of sp³-hybridized carbons (Fsp3) is 0.400. The van der Waals surface area contributed by atoms with Gasteiger partial charge in [-0.2, -0.15) is 0 Å². The number of carbonyl (C=O) groups excluding carboxylic acids is 2. The largest absolute Gasteiger partial charge is 0.478 e. The number of carboxylic acid groups (broad SMARTS) is 1. The van der Waals surface area contributed by atoms with Crippen LogP contribution in [0.4, 0.5) is 0 Å². The number of hydrogen-bond donors (Lipinski definition) is 3. The predicted molar refractivity (Wildman–Crippen MR) is 77.2 cm³/mol. The molecule has 0 bridgehead atoms. The van der Waals surface area contributed by atoms with Gasteiger partial charge < -0.3 is 24.8 Å². The van der Waals surface area contributed by atoms with Gasteiger partial charge in [-0.05, 0) is 37.6 Å². The molecule has 1 aliphatic rings. The summed E-state index contributed by atoms with van der Waals surface area (Å²) in [6, 6.07) is 0. The molecule has 2 atom stereocenters. The Bertz CT molecular complexity index is 588. The fourth-order valence-electron chi connectivity index (χ4n) is 1.93. The first kappa shape index (κ1) is 18.6. The maximum atomic E-state index is 12.1. The summed E-state index contributed by atoms with van der Waals surface area (Å²) in [6.45, 7) is 2.80. The predicted octanol–water partition coefficient (Wildman–Crippen LogP) is -0.288. The number of aliphatic carboxylic acids is 1. The molecular formula is C15H18O8. The van der Waals surface area contributed by atoms with Gasteiger partial charge in [-0.1, -0.05) is 6.08 Å². The van der Waals surface area contributed by atoms with Crippen molar-refractivity contribution < 1.29 is 39.2 Å². The minimum Gasteiger partial charge on any atom is -0.478 e. The highest BCUT2D eigenvalue weighted by Gasteiger charge is 2.60. The molecule has 126 valence electrons. The highest BCUT2D eigenvalue weighted by molar-refractivity contribution is 5.97. The van der Waals surface area contributed by atoms with Crippen molar-refractivity contribution in [2.24, 2.45) is 0 Å². The van der Waals surface area contributed by atoms with E-state index in [0.29, 0.717) is 0 Å². The first-order valence-electron chi connectivity index (χ1n) is 6.83. The third-order valence-corrected chi connectivity index (χ3v) is 3.07. The Morgan fingerprint density at radius 2 is 1.61 bits per heavy atom. The van der Waals surface area contributed by atoms with E-state index in [0.717, 1.165) is 24.3 Å². The van der Waals surface area contributed by atoms with E-state index in [1.807, 2.05) is 0 Å². The Morgan fingerprint density at radius 3 is 2.09 bits per heavy atom. The molecule has 1 rings (SSSR count). The van der Waals surface area contributed by atoms with E-state index in [4.69, 9.17) is 14.6 Å². The number of hydrogen-bond acceptors (Lipinski definition) is 7. The molecule has 1 aliphatic carbocycles. The SMILES string of the molecule is CCOC(=O)C1(O)C=CC(/C=C/C(=O)O)=CC1(O)C(=O)OCC. The number of carbonyl (C=O) groups is 3. The Hall–Kier alpha value is -2.45. The van der Waals surface area contributed by atoms with Gasteiger partial charge in [0.25, 0.3) is 0 Å². The lowest BCUT2D eigenvalue weighted by atomic mass is 9.77. The first-order valence-corrected chi connectivity index (χ1v) is 6.83. The lowest BCUT2D eigenvalue weighted by Gasteiger charge is -2.37. The van der Waals surface area contributed by atoms with Gasteiger partial charge in [-0.3, -0.25) is 0 Å². The number of allylic oxidation sites excluding steroid dienone is 3. The van der Waals surface area contributed by atoms with Crippen molar-refractivity contribution >= 4 is 17.9 Å². The van der Waals surface area contributed by atoms with E-state index >= 15 is 0 Å². The van der Waals surface area contributed by atoms with Crippen LogP contribution in [-0.4, -0.2) is 57.6 Å². The van der Waals surface area contributed by atoms with Crippen molar-refractivity contribution in [3.05, 3.63) is 36.0 Å². The Morgan fingerprint density at radius 1 is 1.09 bits per heavy atom. The minimum absolute atomic E-state index is 0.0800. The molecule has 0 saturated heterocycles. The molecule has 8 nitrogen and oxygen atoms in total. The topological polar surface area (TPSA) is 130 Å². The molecule has 0 radical (unpaired) electrons. The highest BCUT2D eigenvalue weighted by atomic mass is 16.6. The first-order chi connectivity index (χ1) is 10.7. The second-order valence-corrected chi connectivity index (χ2v) is 4.62. The number of esters is 2. The lowest BCUT2D eigenvalue weighted by Crippen LogP contribution is -2.63. The van der Waals surface area contributed by atoms with Crippen molar-refractivity contribution in [3.63, 3.8) is 0 Å². The number of rotatable bonds is 6. The molecule has 0 amide bonds. The van der Waals surface area contributed by atoms with Crippen molar-refractivity contribution in [2.75, 3.05) is 13.2 Å². The molecular weight excluding hydrogens is 308 g/mol. The smallest absolute Gasteiger partial charge is 0.346 e. The zero-order valence-electron chi connectivity index (χ0n) is 12.7. The van der Waals surface area contributed by atoms with Crippen molar-refractivity contribution in [2.45, 2.75) is 25.0 Å². The zero-order chi connectivity index (χ0) is 17.7. The number of ether oxygens (including phenoxy) is 2. The lowest BCUT2D eigenvalue weighted by molar-refractivity contribution is -0.195. The maximum Gasteiger partial charge on any atom is 0.346 e. The van der Waals surface area contributed by atoms with E-state index in [1.54, 1.807) is 0 Å². The molecule has 0 aromatic carbocycles. The molecule has 0 spiro atoms. The van der Waals surface area contributed by atoms with Crippen LogP contribution < -0.4 is 0 Å². The minimum atomic E-state index is -2.75. The summed E-state index contributed by atoms with van der Waals surface area (Å²) in [6.07, 6.45) is 4.76. The molecule has 8 heteroatoms. The fourth-order valence-corrected chi connectivity index (χ4v) is 1.93. The van der Waals surface area contributed by atoms with E-state index < -0.39 is 29.1 Å². The summed E-state index contributed by atoms with van der Waals surface area (Å²) in [5, 5.41) is 29.7.